The van der Waals surface area contributed by atoms with Gasteiger partial charge in [0, 0.05) is 19.0 Å². The summed E-state index contributed by atoms with van der Waals surface area (Å²) in [7, 11) is 1.79. The third-order valence-corrected chi connectivity index (χ3v) is 1.76. The van der Waals surface area contributed by atoms with Crippen molar-refractivity contribution >= 4 is 17.5 Å². The molecule has 1 N–H and O–H groups in total. The second-order valence-electron chi connectivity index (χ2n) is 2.65. The Morgan fingerprint density at radius 2 is 2.42 bits per heavy atom. The van der Waals surface area contributed by atoms with E-state index in [4.69, 9.17) is 11.6 Å². The Morgan fingerprint density at radius 1 is 1.67 bits per heavy atom. The largest absolute Gasteiger partial charge is 0.351 e. The van der Waals surface area contributed by atoms with Crippen LogP contribution in [-0.4, -0.2) is 32.1 Å². The molecule has 1 aromatic rings. The molecule has 0 amide bonds. The molecule has 0 bridgehead atoms. The van der Waals surface area contributed by atoms with E-state index in [1.54, 1.807) is 11.7 Å². The summed E-state index contributed by atoms with van der Waals surface area (Å²) in [6.45, 7) is 2.04. The molecule has 12 heavy (non-hydrogen) atoms. The maximum absolute atomic E-state index is 5.58. The molecule has 0 fully saturated rings. The van der Waals surface area contributed by atoms with Gasteiger partial charge in [0.05, 0.1) is 0 Å². The SMILES string of the molecule is CC(CCCl)Nc1nnnn1C. The number of nitrogens with zero attached hydrogens (tertiary/aromatic N) is 4. The van der Waals surface area contributed by atoms with Crippen LogP contribution in [0.5, 0.6) is 0 Å². The van der Waals surface area contributed by atoms with E-state index in [0.717, 1.165) is 6.42 Å². The van der Waals surface area contributed by atoms with Gasteiger partial charge in [0.1, 0.15) is 0 Å². The summed E-state index contributed by atoms with van der Waals surface area (Å²) in [5.74, 6) is 1.31. The fraction of sp³-hybridized carbons (Fsp3) is 0.833. The van der Waals surface area contributed by atoms with Crippen molar-refractivity contribution in [3.8, 4) is 0 Å². The average Bonchev–Trinajstić information content (AvgIpc) is 2.37. The monoisotopic (exact) mass is 189 g/mol. The van der Waals surface area contributed by atoms with E-state index in [1.807, 2.05) is 6.92 Å². The molecule has 1 aromatic heterocycles. The third-order valence-electron chi connectivity index (χ3n) is 1.54. The first-order valence-corrected chi connectivity index (χ1v) is 4.32. The van der Waals surface area contributed by atoms with E-state index in [-0.39, 0.29) is 0 Å². The van der Waals surface area contributed by atoms with Gasteiger partial charge in [-0.2, -0.15) is 0 Å². The lowest BCUT2D eigenvalue weighted by Crippen LogP contribution is -2.18. The van der Waals surface area contributed by atoms with Crippen LogP contribution in [0.25, 0.3) is 0 Å². The van der Waals surface area contributed by atoms with E-state index in [1.165, 1.54) is 0 Å². The number of aryl methyl sites for hydroxylation is 1. The maximum atomic E-state index is 5.58. The second kappa shape index (κ2) is 4.25. The Hall–Kier alpha value is -0.840. The minimum absolute atomic E-state index is 0.298. The van der Waals surface area contributed by atoms with Gasteiger partial charge in [0.15, 0.2) is 0 Å². The molecule has 0 aromatic carbocycles. The summed E-state index contributed by atoms with van der Waals surface area (Å²) in [6, 6.07) is 0.298. The van der Waals surface area contributed by atoms with Gasteiger partial charge in [0.2, 0.25) is 5.95 Å². The van der Waals surface area contributed by atoms with Crippen molar-refractivity contribution < 1.29 is 0 Å². The zero-order valence-corrected chi connectivity index (χ0v) is 7.91. The molecule has 1 unspecified atom stereocenters. The van der Waals surface area contributed by atoms with Crippen molar-refractivity contribution in [1.29, 1.82) is 0 Å². The number of rotatable bonds is 4. The lowest BCUT2D eigenvalue weighted by Gasteiger charge is -2.10. The normalized spacial score (nSPS) is 12.9. The highest BCUT2D eigenvalue weighted by atomic mass is 35.5. The molecule has 1 rings (SSSR count). The highest BCUT2D eigenvalue weighted by Gasteiger charge is 2.05. The minimum atomic E-state index is 0.298. The first kappa shape index (κ1) is 9.25. The molecule has 0 aliphatic heterocycles. The Kier molecular flexibility index (Phi) is 3.28. The van der Waals surface area contributed by atoms with Crippen LogP contribution in [-0.2, 0) is 7.05 Å². The van der Waals surface area contributed by atoms with E-state index < -0.39 is 0 Å². The number of halogens is 1. The zero-order chi connectivity index (χ0) is 8.97. The Bertz CT molecular complexity index is 236. The van der Waals surface area contributed by atoms with Gasteiger partial charge in [-0.25, -0.2) is 4.68 Å². The number of aromatic nitrogens is 4. The fourth-order valence-electron chi connectivity index (χ4n) is 0.808. The van der Waals surface area contributed by atoms with Crippen LogP contribution in [0.4, 0.5) is 5.95 Å². The van der Waals surface area contributed by atoms with Crippen LogP contribution in [0.3, 0.4) is 0 Å². The minimum Gasteiger partial charge on any atom is -0.351 e. The molecular weight excluding hydrogens is 178 g/mol. The summed E-state index contributed by atoms with van der Waals surface area (Å²) >= 11 is 5.58. The molecule has 5 nitrogen and oxygen atoms in total. The molecule has 6 heteroatoms. The fourth-order valence-corrected chi connectivity index (χ4v) is 1.14. The number of hydrogen-bond donors (Lipinski definition) is 1. The van der Waals surface area contributed by atoms with E-state index >= 15 is 0 Å². The van der Waals surface area contributed by atoms with Crippen molar-refractivity contribution in [2.24, 2.45) is 7.05 Å². The van der Waals surface area contributed by atoms with Crippen molar-refractivity contribution in [3.05, 3.63) is 0 Å². The summed E-state index contributed by atoms with van der Waals surface area (Å²) in [5, 5.41) is 14.1. The molecular formula is C6H12ClN5. The molecule has 0 spiro atoms. The van der Waals surface area contributed by atoms with Gasteiger partial charge in [-0.1, -0.05) is 5.10 Å². The average molecular weight is 190 g/mol. The number of hydrogen-bond acceptors (Lipinski definition) is 4. The summed E-state index contributed by atoms with van der Waals surface area (Å²) in [5.41, 5.74) is 0. The molecule has 0 aliphatic rings. The summed E-state index contributed by atoms with van der Waals surface area (Å²) in [6.07, 6.45) is 0.897. The highest BCUT2D eigenvalue weighted by Crippen LogP contribution is 2.02. The first-order chi connectivity index (χ1) is 5.74. The molecule has 0 saturated heterocycles. The van der Waals surface area contributed by atoms with Gasteiger partial charge in [-0.15, -0.1) is 11.6 Å². The Labute approximate surface area is 76.1 Å². The summed E-state index contributed by atoms with van der Waals surface area (Å²) in [4.78, 5) is 0. The van der Waals surface area contributed by atoms with Gasteiger partial charge in [0.25, 0.3) is 0 Å². The topological polar surface area (TPSA) is 55.6 Å². The molecule has 1 heterocycles. The van der Waals surface area contributed by atoms with Crippen molar-refractivity contribution in [1.82, 2.24) is 20.2 Å². The Balaban J connectivity index is 2.46. The number of anilines is 1. The highest BCUT2D eigenvalue weighted by molar-refractivity contribution is 6.17. The van der Waals surface area contributed by atoms with Crippen LogP contribution < -0.4 is 5.32 Å². The van der Waals surface area contributed by atoms with Gasteiger partial charge >= 0.3 is 0 Å². The van der Waals surface area contributed by atoms with Crippen molar-refractivity contribution in [2.75, 3.05) is 11.2 Å². The lowest BCUT2D eigenvalue weighted by molar-refractivity contribution is 0.695. The van der Waals surface area contributed by atoms with Crippen LogP contribution >= 0.6 is 11.6 Å². The van der Waals surface area contributed by atoms with E-state index in [9.17, 15) is 0 Å². The second-order valence-corrected chi connectivity index (χ2v) is 3.03. The molecule has 0 radical (unpaired) electrons. The number of tetrazole rings is 1. The van der Waals surface area contributed by atoms with Crippen LogP contribution in [0.2, 0.25) is 0 Å². The predicted octanol–water partition coefficient (Wildman–Crippen LogP) is 0.639. The molecule has 0 saturated carbocycles. The van der Waals surface area contributed by atoms with Crippen LogP contribution in [0, 0.1) is 0 Å². The quantitative estimate of drug-likeness (QED) is 0.707. The standard InChI is InChI=1S/C6H12ClN5/c1-5(3-4-7)8-6-9-10-11-12(6)2/h5H,3-4H2,1-2H3,(H,8,9,11). The van der Waals surface area contributed by atoms with E-state index in [2.05, 4.69) is 20.8 Å². The maximum Gasteiger partial charge on any atom is 0.242 e. The number of alkyl halides is 1. The van der Waals surface area contributed by atoms with Crippen molar-refractivity contribution in [3.63, 3.8) is 0 Å². The molecule has 0 aliphatic carbocycles. The van der Waals surface area contributed by atoms with Crippen LogP contribution in [0.15, 0.2) is 0 Å². The lowest BCUT2D eigenvalue weighted by atomic mass is 10.3. The van der Waals surface area contributed by atoms with E-state index in [0.29, 0.717) is 17.9 Å². The number of nitrogens with one attached hydrogen (secondary N) is 1. The third kappa shape index (κ3) is 2.34. The van der Waals surface area contributed by atoms with Gasteiger partial charge < -0.3 is 5.32 Å². The first-order valence-electron chi connectivity index (χ1n) is 3.79. The van der Waals surface area contributed by atoms with Gasteiger partial charge in [-0.3, -0.25) is 0 Å². The van der Waals surface area contributed by atoms with Crippen molar-refractivity contribution in [2.45, 2.75) is 19.4 Å². The summed E-state index contributed by atoms with van der Waals surface area (Å²) < 4.78 is 1.59. The zero-order valence-electron chi connectivity index (χ0n) is 7.16. The molecule has 68 valence electrons. The molecule has 1 atom stereocenters. The Morgan fingerprint density at radius 3 is 2.92 bits per heavy atom. The predicted molar refractivity (Wildman–Crippen MR) is 47.2 cm³/mol. The van der Waals surface area contributed by atoms with Crippen LogP contribution in [0.1, 0.15) is 13.3 Å². The van der Waals surface area contributed by atoms with Gasteiger partial charge in [-0.05, 0) is 23.8 Å². The smallest absolute Gasteiger partial charge is 0.242 e.